The van der Waals surface area contributed by atoms with Crippen LogP contribution in [0.3, 0.4) is 0 Å². The highest BCUT2D eigenvalue weighted by Gasteiger charge is 2.04. The van der Waals surface area contributed by atoms with Crippen LogP contribution in [0.25, 0.3) is 0 Å². The Hall–Kier alpha value is -0.440. The van der Waals surface area contributed by atoms with E-state index in [1.807, 2.05) is 0 Å². The summed E-state index contributed by atoms with van der Waals surface area (Å²) in [5.41, 5.74) is -0.563. The second kappa shape index (κ2) is 15.0. The standard InChI is InChI=1S/C16H32ClNO2/c1-3-4-5-6-7-8-9-10-11-12-13-14-18-16(19)20-15(2)17/h15H,3-14H2,1-2H3,(H,18,19). The first-order chi connectivity index (χ1) is 9.66. The molecule has 0 spiro atoms. The van der Waals surface area contributed by atoms with Crippen molar-refractivity contribution in [3.63, 3.8) is 0 Å². The van der Waals surface area contributed by atoms with Crippen molar-refractivity contribution in [2.45, 2.75) is 90.0 Å². The molecule has 1 atom stereocenters. The summed E-state index contributed by atoms with van der Waals surface area (Å²) in [5.74, 6) is 0. The van der Waals surface area contributed by atoms with Crippen LogP contribution in [0.2, 0.25) is 0 Å². The molecule has 0 saturated carbocycles. The number of ether oxygens (including phenoxy) is 1. The number of alkyl halides is 1. The van der Waals surface area contributed by atoms with Gasteiger partial charge in [0.1, 0.15) is 0 Å². The van der Waals surface area contributed by atoms with Crippen molar-refractivity contribution in [2.75, 3.05) is 6.54 Å². The largest absolute Gasteiger partial charge is 0.430 e. The molecule has 120 valence electrons. The lowest BCUT2D eigenvalue weighted by Crippen LogP contribution is -2.26. The second-order valence-electron chi connectivity index (χ2n) is 5.41. The third-order valence-corrected chi connectivity index (χ3v) is 3.41. The van der Waals surface area contributed by atoms with E-state index in [9.17, 15) is 4.79 Å². The lowest BCUT2D eigenvalue weighted by atomic mass is 10.1. The molecule has 0 radical (unpaired) electrons. The quantitative estimate of drug-likeness (QED) is 0.355. The number of rotatable bonds is 13. The van der Waals surface area contributed by atoms with Crippen molar-refractivity contribution < 1.29 is 9.53 Å². The molecule has 0 aliphatic heterocycles. The maximum absolute atomic E-state index is 11.1. The van der Waals surface area contributed by atoms with Gasteiger partial charge in [-0.15, -0.1) is 0 Å². The Morgan fingerprint density at radius 3 is 1.85 bits per heavy atom. The highest BCUT2D eigenvalue weighted by Crippen LogP contribution is 2.11. The SMILES string of the molecule is CCCCCCCCCCCCCNC(=O)OC(C)Cl. The van der Waals surface area contributed by atoms with Crippen LogP contribution in [0.5, 0.6) is 0 Å². The number of halogens is 1. The van der Waals surface area contributed by atoms with Gasteiger partial charge in [-0.1, -0.05) is 82.7 Å². The fraction of sp³-hybridized carbons (Fsp3) is 0.938. The van der Waals surface area contributed by atoms with Gasteiger partial charge in [0, 0.05) is 6.54 Å². The minimum Gasteiger partial charge on any atom is -0.430 e. The molecule has 0 saturated heterocycles. The van der Waals surface area contributed by atoms with Crippen LogP contribution in [0.1, 0.15) is 84.5 Å². The molecule has 0 aromatic carbocycles. The lowest BCUT2D eigenvalue weighted by Gasteiger charge is -2.07. The number of hydrogen-bond donors (Lipinski definition) is 1. The first-order valence-corrected chi connectivity index (χ1v) is 8.69. The minimum atomic E-state index is -0.563. The Balaban J connectivity index is 3.08. The summed E-state index contributed by atoms with van der Waals surface area (Å²) in [6.07, 6.45) is 14.0. The molecule has 0 rings (SSSR count). The van der Waals surface area contributed by atoms with Crippen LogP contribution in [0.15, 0.2) is 0 Å². The topological polar surface area (TPSA) is 38.3 Å². The van der Waals surface area contributed by atoms with E-state index < -0.39 is 11.7 Å². The van der Waals surface area contributed by atoms with Crippen LogP contribution in [-0.2, 0) is 4.74 Å². The second-order valence-corrected chi connectivity index (χ2v) is 6.03. The Morgan fingerprint density at radius 2 is 1.40 bits per heavy atom. The highest BCUT2D eigenvalue weighted by atomic mass is 35.5. The Bertz CT molecular complexity index is 223. The van der Waals surface area contributed by atoms with E-state index in [0.29, 0.717) is 6.54 Å². The van der Waals surface area contributed by atoms with E-state index in [1.54, 1.807) is 6.92 Å². The molecule has 4 heteroatoms. The number of carbonyl (C=O) groups is 1. The maximum Gasteiger partial charge on any atom is 0.408 e. The zero-order chi connectivity index (χ0) is 15.1. The summed E-state index contributed by atoms with van der Waals surface area (Å²) in [6, 6.07) is 0. The third-order valence-electron chi connectivity index (χ3n) is 3.32. The van der Waals surface area contributed by atoms with Crippen molar-refractivity contribution in [2.24, 2.45) is 0 Å². The minimum absolute atomic E-state index is 0.417. The number of nitrogens with one attached hydrogen (secondary N) is 1. The van der Waals surface area contributed by atoms with Crippen molar-refractivity contribution in [3.05, 3.63) is 0 Å². The fourth-order valence-corrected chi connectivity index (χ4v) is 2.25. The number of hydrogen-bond acceptors (Lipinski definition) is 2. The molecule has 1 unspecified atom stereocenters. The number of unbranched alkanes of at least 4 members (excludes halogenated alkanes) is 10. The van der Waals surface area contributed by atoms with Crippen LogP contribution in [-0.4, -0.2) is 18.2 Å². The summed E-state index contributed by atoms with van der Waals surface area (Å²) in [4.78, 5) is 11.1. The molecular formula is C16H32ClNO2. The number of alkyl carbamates (subject to hydrolysis) is 1. The van der Waals surface area contributed by atoms with Crippen LogP contribution in [0.4, 0.5) is 4.79 Å². The molecule has 1 amide bonds. The molecule has 0 fully saturated rings. The zero-order valence-electron chi connectivity index (χ0n) is 13.3. The van der Waals surface area contributed by atoms with E-state index in [0.717, 1.165) is 6.42 Å². The fourth-order valence-electron chi connectivity index (χ4n) is 2.17. The smallest absolute Gasteiger partial charge is 0.408 e. The molecule has 0 aromatic rings. The van der Waals surface area contributed by atoms with Gasteiger partial charge in [-0.3, -0.25) is 0 Å². The molecule has 0 aromatic heterocycles. The van der Waals surface area contributed by atoms with Crippen molar-refractivity contribution in [3.8, 4) is 0 Å². The monoisotopic (exact) mass is 305 g/mol. The van der Waals surface area contributed by atoms with Gasteiger partial charge in [-0.2, -0.15) is 0 Å². The molecule has 1 N–H and O–H groups in total. The van der Waals surface area contributed by atoms with Crippen molar-refractivity contribution in [1.29, 1.82) is 0 Å². The average molecular weight is 306 g/mol. The van der Waals surface area contributed by atoms with Crippen LogP contribution >= 0.6 is 11.6 Å². The molecule has 3 nitrogen and oxygen atoms in total. The summed E-state index contributed by atoms with van der Waals surface area (Å²) < 4.78 is 4.77. The van der Waals surface area contributed by atoms with Gasteiger partial charge in [0.05, 0.1) is 0 Å². The predicted octanol–water partition coefficient (Wildman–Crippen LogP) is 5.61. The normalized spacial score (nSPS) is 12.2. The zero-order valence-corrected chi connectivity index (χ0v) is 14.0. The summed E-state index contributed by atoms with van der Waals surface area (Å²) >= 11 is 5.54. The average Bonchev–Trinajstić information content (AvgIpc) is 2.39. The predicted molar refractivity (Wildman–Crippen MR) is 86.3 cm³/mol. The van der Waals surface area contributed by atoms with Crippen LogP contribution in [0, 0.1) is 0 Å². The van der Waals surface area contributed by atoms with Crippen molar-refractivity contribution >= 4 is 17.7 Å². The van der Waals surface area contributed by atoms with Gasteiger partial charge >= 0.3 is 6.09 Å². The van der Waals surface area contributed by atoms with Gasteiger partial charge < -0.3 is 10.1 Å². The van der Waals surface area contributed by atoms with E-state index in [-0.39, 0.29) is 0 Å². The van der Waals surface area contributed by atoms with E-state index in [4.69, 9.17) is 16.3 Å². The van der Waals surface area contributed by atoms with Gasteiger partial charge in [-0.05, 0) is 13.3 Å². The molecule has 0 bridgehead atoms. The van der Waals surface area contributed by atoms with Gasteiger partial charge in [-0.25, -0.2) is 4.79 Å². The first-order valence-electron chi connectivity index (χ1n) is 8.25. The van der Waals surface area contributed by atoms with Gasteiger partial charge in [0.25, 0.3) is 0 Å². The first kappa shape index (κ1) is 19.6. The lowest BCUT2D eigenvalue weighted by molar-refractivity contribution is 0.138. The van der Waals surface area contributed by atoms with Gasteiger partial charge in [0.2, 0.25) is 0 Å². The summed E-state index contributed by atoms with van der Waals surface area (Å²) in [5, 5.41) is 2.70. The van der Waals surface area contributed by atoms with Crippen molar-refractivity contribution in [1.82, 2.24) is 5.32 Å². The molecular weight excluding hydrogens is 274 g/mol. The maximum atomic E-state index is 11.1. The van der Waals surface area contributed by atoms with E-state index in [2.05, 4.69) is 12.2 Å². The highest BCUT2D eigenvalue weighted by molar-refractivity contribution is 6.19. The summed E-state index contributed by atoms with van der Waals surface area (Å²) in [7, 11) is 0. The summed E-state index contributed by atoms with van der Waals surface area (Å²) in [6.45, 7) is 4.56. The Morgan fingerprint density at radius 1 is 0.950 bits per heavy atom. The molecule has 20 heavy (non-hydrogen) atoms. The van der Waals surface area contributed by atoms with E-state index in [1.165, 1.54) is 64.2 Å². The molecule has 0 aliphatic rings. The van der Waals surface area contributed by atoms with Gasteiger partial charge in [0.15, 0.2) is 5.56 Å². The third kappa shape index (κ3) is 15.6. The molecule has 0 heterocycles. The Kier molecular flexibility index (Phi) is 14.6. The van der Waals surface area contributed by atoms with E-state index >= 15 is 0 Å². The number of carbonyl (C=O) groups excluding carboxylic acids is 1. The number of amides is 1. The van der Waals surface area contributed by atoms with Crippen LogP contribution < -0.4 is 5.32 Å². The molecule has 0 aliphatic carbocycles. The Labute approximate surface area is 129 Å².